The maximum Gasteiger partial charge on any atom is 0.380 e. The number of aromatic hydroxyl groups is 1. The van der Waals surface area contributed by atoms with Crippen molar-refractivity contribution in [3.8, 4) is 11.5 Å². The molecule has 0 spiro atoms. The zero-order valence-electron chi connectivity index (χ0n) is 18.2. The van der Waals surface area contributed by atoms with Crippen molar-refractivity contribution in [2.75, 3.05) is 4.90 Å². The quantitative estimate of drug-likeness (QED) is 0.403. The molecule has 1 aliphatic rings. The Morgan fingerprint density at radius 2 is 1.60 bits per heavy atom. The van der Waals surface area contributed by atoms with E-state index in [1.54, 1.807) is 0 Å². The van der Waals surface area contributed by atoms with Gasteiger partial charge in [-0.2, -0.15) is 13.6 Å². The Morgan fingerprint density at radius 3 is 2.17 bits per heavy atom. The summed E-state index contributed by atoms with van der Waals surface area (Å²) in [6.07, 6.45) is -0.527. The van der Waals surface area contributed by atoms with Crippen LogP contribution in [0, 0.1) is 17.6 Å². The van der Waals surface area contributed by atoms with E-state index in [1.165, 1.54) is 65.6 Å². The van der Waals surface area contributed by atoms with E-state index in [4.69, 9.17) is 5.14 Å². The smallest absolute Gasteiger partial charge is 0.380 e. The summed E-state index contributed by atoms with van der Waals surface area (Å²) in [4.78, 5) is 14.5. The molecule has 1 aliphatic heterocycles. The van der Waals surface area contributed by atoms with Crippen molar-refractivity contribution >= 4 is 21.9 Å². The van der Waals surface area contributed by atoms with E-state index in [9.17, 15) is 32.2 Å². The molecular weight excluding hydrogens is 482 g/mol. The highest BCUT2D eigenvalue weighted by atomic mass is 32.2. The molecule has 0 saturated carbocycles. The largest absolute Gasteiger partial charge is 0.507 e. The van der Waals surface area contributed by atoms with E-state index < -0.39 is 40.0 Å². The van der Waals surface area contributed by atoms with Gasteiger partial charge in [0.2, 0.25) is 5.91 Å². The number of amides is 1. The SMILES string of the molecule is NS(=O)(=O)Oc1ccc(C2C(CCC(O)c3ccc(F)cc3)C(=O)N2c2ccc(F)cc2)c(O)c1. The molecule has 1 heterocycles. The van der Waals surface area contributed by atoms with Crippen molar-refractivity contribution in [3.05, 3.63) is 89.5 Å². The second-order valence-electron chi connectivity index (χ2n) is 8.18. The van der Waals surface area contributed by atoms with E-state index in [0.717, 1.165) is 6.07 Å². The number of hydrogen-bond acceptors (Lipinski definition) is 6. The Labute approximate surface area is 200 Å². The number of rotatable bonds is 8. The first kappa shape index (κ1) is 24.6. The number of aliphatic hydroxyl groups excluding tert-OH is 1. The lowest BCUT2D eigenvalue weighted by Crippen LogP contribution is -2.55. The van der Waals surface area contributed by atoms with Crippen LogP contribution in [0.4, 0.5) is 14.5 Å². The summed E-state index contributed by atoms with van der Waals surface area (Å²) >= 11 is 0. The van der Waals surface area contributed by atoms with Gasteiger partial charge in [0.25, 0.3) is 0 Å². The number of benzene rings is 3. The number of nitrogens with zero attached hydrogens (tertiary/aromatic N) is 1. The number of phenols is 1. The lowest BCUT2D eigenvalue weighted by atomic mass is 9.78. The van der Waals surface area contributed by atoms with Gasteiger partial charge in [-0.15, -0.1) is 0 Å². The molecule has 3 unspecified atom stereocenters. The molecule has 4 N–H and O–H groups in total. The number of anilines is 1. The maximum atomic E-state index is 13.4. The fraction of sp³-hybridized carbons (Fsp3) is 0.208. The second-order valence-corrected chi connectivity index (χ2v) is 9.33. The van der Waals surface area contributed by atoms with Gasteiger partial charge in [0.15, 0.2) is 0 Å². The van der Waals surface area contributed by atoms with Crippen molar-refractivity contribution in [1.29, 1.82) is 0 Å². The van der Waals surface area contributed by atoms with Crippen molar-refractivity contribution in [1.82, 2.24) is 0 Å². The number of carbonyl (C=O) groups excluding carboxylic acids is 1. The van der Waals surface area contributed by atoms with Crippen LogP contribution < -0.4 is 14.2 Å². The lowest BCUT2D eigenvalue weighted by Gasteiger charge is -2.48. The number of halogens is 2. The average molecular weight is 505 g/mol. The standard InChI is InChI=1S/C24H22F2N2O6S/c25-15-3-1-14(2-4-15)21(29)12-11-20-23(28(24(20)31)17-7-5-16(26)6-8-17)19-10-9-18(13-22(19)30)34-35(27,32)33/h1-10,13,20-21,23,29-30H,11-12H2,(H2,27,32,33). The Kier molecular flexibility index (Phi) is 6.75. The number of nitrogens with two attached hydrogens (primary N) is 1. The van der Waals surface area contributed by atoms with Crippen LogP contribution in [0.25, 0.3) is 0 Å². The molecule has 0 bridgehead atoms. The number of β-lactam (4-membered cyclic amide) rings is 1. The van der Waals surface area contributed by atoms with Gasteiger partial charge < -0.3 is 19.3 Å². The zero-order chi connectivity index (χ0) is 25.3. The summed E-state index contributed by atoms with van der Waals surface area (Å²) in [7, 11) is -4.31. The first-order valence-electron chi connectivity index (χ1n) is 10.6. The highest BCUT2D eigenvalue weighted by Gasteiger charge is 2.49. The minimum atomic E-state index is -4.31. The summed E-state index contributed by atoms with van der Waals surface area (Å²) in [6.45, 7) is 0. The molecule has 11 heteroatoms. The number of carbonyl (C=O) groups is 1. The Bertz CT molecular complexity index is 1330. The molecule has 0 radical (unpaired) electrons. The van der Waals surface area contributed by atoms with Crippen molar-refractivity contribution < 1.29 is 36.4 Å². The van der Waals surface area contributed by atoms with Gasteiger partial charge in [-0.1, -0.05) is 12.1 Å². The Hall–Kier alpha value is -3.54. The number of hydrogen-bond donors (Lipinski definition) is 3. The first-order valence-corrected chi connectivity index (χ1v) is 12.1. The first-order chi connectivity index (χ1) is 16.5. The molecule has 0 aromatic heterocycles. The van der Waals surface area contributed by atoms with Crippen LogP contribution >= 0.6 is 0 Å². The minimum absolute atomic E-state index is 0.184. The number of phenolic OH excluding ortho intramolecular Hbond substituents is 1. The molecule has 35 heavy (non-hydrogen) atoms. The third kappa shape index (κ3) is 5.42. The van der Waals surface area contributed by atoms with Crippen molar-refractivity contribution in [2.24, 2.45) is 11.1 Å². The van der Waals surface area contributed by atoms with Crippen LogP contribution in [0.3, 0.4) is 0 Å². The molecule has 8 nitrogen and oxygen atoms in total. The minimum Gasteiger partial charge on any atom is -0.507 e. The van der Waals surface area contributed by atoms with Gasteiger partial charge in [0.1, 0.15) is 23.1 Å². The van der Waals surface area contributed by atoms with Gasteiger partial charge >= 0.3 is 10.3 Å². The zero-order valence-corrected chi connectivity index (χ0v) is 19.0. The highest BCUT2D eigenvalue weighted by molar-refractivity contribution is 7.84. The Balaban J connectivity index is 1.61. The highest BCUT2D eigenvalue weighted by Crippen LogP contribution is 2.49. The molecule has 4 rings (SSSR count). The molecule has 1 fully saturated rings. The van der Waals surface area contributed by atoms with Gasteiger partial charge in [-0.05, 0) is 66.9 Å². The molecule has 3 aromatic carbocycles. The molecule has 0 aliphatic carbocycles. The fourth-order valence-corrected chi connectivity index (χ4v) is 4.60. The fourth-order valence-electron chi connectivity index (χ4n) is 4.22. The van der Waals surface area contributed by atoms with E-state index >= 15 is 0 Å². The summed E-state index contributed by atoms with van der Waals surface area (Å²) in [5.74, 6) is -2.40. The molecule has 1 saturated heterocycles. The third-order valence-electron chi connectivity index (χ3n) is 5.86. The third-order valence-corrected chi connectivity index (χ3v) is 6.28. The normalized spacial score (nSPS) is 18.7. The van der Waals surface area contributed by atoms with Crippen molar-refractivity contribution in [3.63, 3.8) is 0 Å². The van der Waals surface area contributed by atoms with E-state index in [2.05, 4.69) is 4.18 Å². The second kappa shape index (κ2) is 9.61. The molecule has 1 amide bonds. The van der Waals surface area contributed by atoms with Crippen LogP contribution in [0.15, 0.2) is 66.7 Å². The summed E-state index contributed by atoms with van der Waals surface area (Å²) < 4.78 is 53.6. The number of aliphatic hydroxyl groups is 1. The van der Waals surface area contributed by atoms with Crippen molar-refractivity contribution in [2.45, 2.75) is 25.0 Å². The van der Waals surface area contributed by atoms with Crippen LogP contribution in [0.1, 0.15) is 36.1 Å². The van der Waals surface area contributed by atoms with Gasteiger partial charge in [0, 0.05) is 17.3 Å². The molecule has 184 valence electrons. The lowest BCUT2D eigenvalue weighted by molar-refractivity contribution is -0.131. The molecule has 3 aromatic rings. The predicted molar refractivity (Wildman–Crippen MR) is 123 cm³/mol. The van der Waals surface area contributed by atoms with E-state index in [1.807, 2.05) is 0 Å². The van der Waals surface area contributed by atoms with E-state index in [0.29, 0.717) is 16.8 Å². The topological polar surface area (TPSA) is 130 Å². The van der Waals surface area contributed by atoms with Crippen LogP contribution in [-0.4, -0.2) is 24.5 Å². The van der Waals surface area contributed by atoms with Crippen LogP contribution in [0.5, 0.6) is 11.5 Å². The molecule has 3 atom stereocenters. The van der Waals surface area contributed by atoms with Crippen LogP contribution in [-0.2, 0) is 15.1 Å². The monoisotopic (exact) mass is 504 g/mol. The summed E-state index contributed by atoms with van der Waals surface area (Å²) in [5.41, 5.74) is 1.20. The summed E-state index contributed by atoms with van der Waals surface area (Å²) in [6, 6.07) is 13.7. The van der Waals surface area contributed by atoms with Crippen LogP contribution in [0.2, 0.25) is 0 Å². The maximum absolute atomic E-state index is 13.4. The van der Waals surface area contributed by atoms with Gasteiger partial charge in [0.05, 0.1) is 18.1 Å². The van der Waals surface area contributed by atoms with E-state index in [-0.39, 0.29) is 30.2 Å². The Morgan fingerprint density at radius 1 is 1.00 bits per heavy atom. The summed E-state index contributed by atoms with van der Waals surface area (Å²) in [5, 5.41) is 26.0. The average Bonchev–Trinajstić information content (AvgIpc) is 2.78. The van der Waals surface area contributed by atoms with Gasteiger partial charge in [-0.3, -0.25) is 4.79 Å². The van der Waals surface area contributed by atoms with Gasteiger partial charge in [-0.25, -0.2) is 8.78 Å². The predicted octanol–water partition coefficient (Wildman–Crippen LogP) is 3.47. The molecular formula is C24H22F2N2O6S.